The van der Waals surface area contributed by atoms with Gasteiger partial charge in [-0.05, 0) is 24.1 Å². The van der Waals surface area contributed by atoms with E-state index in [4.69, 9.17) is 5.11 Å². The topological polar surface area (TPSA) is 72.9 Å². The van der Waals surface area contributed by atoms with Crippen molar-refractivity contribution >= 4 is 17.6 Å². The van der Waals surface area contributed by atoms with Gasteiger partial charge in [0.05, 0.1) is 6.54 Å². The summed E-state index contributed by atoms with van der Waals surface area (Å²) in [5.41, 5.74) is 3.03. The van der Waals surface area contributed by atoms with E-state index >= 15 is 0 Å². The Kier molecular flexibility index (Phi) is 3.79. The second-order valence-electron chi connectivity index (χ2n) is 5.51. The first-order chi connectivity index (χ1) is 10.1. The summed E-state index contributed by atoms with van der Waals surface area (Å²) in [6.45, 7) is 3.36. The third-order valence-electron chi connectivity index (χ3n) is 4.08. The molecule has 0 aliphatic carbocycles. The lowest BCUT2D eigenvalue weighted by Crippen LogP contribution is -2.49. The Balaban J connectivity index is 1.63. The Morgan fingerprint density at radius 2 is 1.95 bits per heavy atom. The van der Waals surface area contributed by atoms with Crippen LogP contribution in [0.3, 0.4) is 0 Å². The Hall–Kier alpha value is -2.08. The zero-order chi connectivity index (χ0) is 14.8. The van der Waals surface area contributed by atoms with Crippen LogP contribution in [0.2, 0.25) is 0 Å². The van der Waals surface area contributed by atoms with Crippen LogP contribution in [-0.4, -0.2) is 66.1 Å². The lowest BCUT2D eigenvalue weighted by Gasteiger charge is -2.33. The first kappa shape index (κ1) is 13.9. The van der Waals surface area contributed by atoms with E-state index in [9.17, 15) is 9.59 Å². The highest BCUT2D eigenvalue weighted by Gasteiger charge is 2.24. The molecular weight excluding hydrogens is 270 g/mol. The van der Waals surface area contributed by atoms with Crippen molar-refractivity contribution in [1.82, 2.24) is 9.80 Å². The van der Waals surface area contributed by atoms with Gasteiger partial charge >= 0.3 is 5.97 Å². The quantitative estimate of drug-likeness (QED) is 0.847. The van der Waals surface area contributed by atoms with Gasteiger partial charge in [-0.15, -0.1) is 0 Å². The summed E-state index contributed by atoms with van der Waals surface area (Å²) in [6.07, 6.45) is 1.01. The molecule has 21 heavy (non-hydrogen) atoms. The van der Waals surface area contributed by atoms with E-state index in [0.29, 0.717) is 31.7 Å². The predicted octanol–water partition coefficient (Wildman–Crippen LogP) is 0.497. The number of carbonyl (C=O) groups is 2. The minimum Gasteiger partial charge on any atom is -0.480 e. The summed E-state index contributed by atoms with van der Waals surface area (Å²) < 4.78 is 0. The van der Waals surface area contributed by atoms with Crippen LogP contribution >= 0.6 is 0 Å². The fourth-order valence-corrected chi connectivity index (χ4v) is 2.91. The summed E-state index contributed by atoms with van der Waals surface area (Å²) in [4.78, 5) is 26.8. The number of amides is 1. The van der Waals surface area contributed by atoms with Crippen LogP contribution in [0.25, 0.3) is 0 Å². The normalized spacial score (nSPS) is 18.2. The Bertz CT molecular complexity index is 565. The molecule has 0 atom stereocenters. The predicted molar refractivity (Wildman–Crippen MR) is 78.6 cm³/mol. The molecular formula is C15H19N3O3. The van der Waals surface area contributed by atoms with Crippen molar-refractivity contribution in [1.29, 1.82) is 0 Å². The molecule has 1 saturated heterocycles. The summed E-state index contributed by atoms with van der Waals surface area (Å²) in [6, 6.07) is 5.83. The number of aliphatic carboxylic acids is 1. The SMILES string of the molecule is O=C(O)CN1CCN(C(=O)c2ccc3c(c2)NCC3)CC1. The molecule has 1 fully saturated rings. The van der Waals surface area contributed by atoms with Gasteiger partial charge < -0.3 is 15.3 Å². The van der Waals surface area contributed by atoms with Gasteiger partial charge in [-0.2, -0.15) is 0 Å². The first-order valence-electron chi connectivity index (χ1n) is 7.24. The number of nitrogens with one attached hydrogen (secondary N) is 1. The molecule has 1 aromatic rings. The van der Waals surface area contributed by atoms with E-state index in [-0.39, 0.29) is 12.5 Å². The van der Waals surface area contributed by atoms with Gasteiger partial charge in [-0.1, -0.05) is 6.07 Å². The number of carboxylic acids is 1. The van der Waals surface area contributed by atoms with Crippen molar-refractivity contribution in [2.75, 3.05) is 44.6 Å². The van der Waals surface area contributed by atoms with E-state index in [0.717, 1.165) is 18.7 Å². The van der Waals surface area contributed by atoms with E-state index in [2.05, 4.69) is 5.32 Å². The lowest BCUT2D eigenvalue weighted by atomic mass is 10.1. The van der Waals surface area contributed by atoms with Gasteiger partial charge in [-0.25, -0.2) is 0 Å². The maximum Gasteiger partial charge on any atom is 0.317 e. The highest BCUT2D eigenvalue weighted by atomic mass is 16.4. The van der Waals surface area contributed by atoms with Crippen LogP contribution < -0.4 is 5.32 Å². The molecule has 0 saturated carbocycles. The molecule has 1 amide bonds. The van der Waals surface area contributed by atoms with E-state index in [1.807, 2.05) is 23.1 Å². The second kappa shape index (κ2) is 5.73. The van der Waals surface area contributed by atoms with Crippen LogP contribution in [0.15, 0.2) is 18.2 Å². The number of hydrogen-bond donors (Lipinski definition) is 2. The van der Waals surface area contributed by atoms with Crippen LogP contribution in [-0.2, 0) is 11.2 Å². The van der Waals surface area contributed by atoms with Crippen molar-refractivity contribution in [3.8, 4) is 0 Å². The zero-order valence-electron chi connectivity index (χ0n) is 11.8. The minimum atomic E-state index is -0.820. The Labute approximate surface area is 123 Å². The maximum atomic E-state index is 12.5. The number of nitrogens with zero attached hydrogens (tertiary/aromatic N) is 2. The molecule has 0 aromatic heterocycles. The maximum absolute atomic E-state index is 12.5. The van der Waals surface area contributed by atoms with Crippen LogP contribution in [0, 0.1) is 0 Å². The number of carboxylic acid groups (broad SMARTS) is 1. The first-order valence-corrected chi connectivity index (χ1v) is 7.24. The van der Waals surface area contributed by atoms with Crippen LogP contribution in [0.1, 0.15) is 15.9 Å². The van der Waals surface area contributed by atoms with Crippen molar-refractivity contribution in [2.45, 2.75) is 6.42 Å². The minimum absolute atomic E-state index is 0.0291. The highest BCUT2D eigenvalue weighted by molar-refractivity contribution is 5.95. The van der Waals surface area contributed by atoms with Crippen molar-refractivity contribution in [3.05, 3.63) is 29.3 Å². The molecule has 0 bridgehead atoms. The van der Waals surface area contributed by atoms with Gasteiger partial charge in [0.25, 0.3) is 5.91 Å². The number of benzene rings is 1. The van der Waals surface area contributed by atoms with Crippen LogP contribution in [0.4, 0.5) is 5.69 Å². The van der Waals surface area contributed by atoms with Crippen molar-refractivity contribution in [2.24, 2.45) is 0 Å². The molecule has 6 nitrogen and oxygen atoms in total. The van der Waals surface area contributed by atoms with Crippen molar-refractivity contribution in [3.63, 3.8) is 0 Å². The van der Waals surface area contributed by atoms with E-state index in [1.54, 1.807) is 4.90 Å². The molecule has 2 aliphatic rings. The molecule has 0 radical (unpaired) electrons. The molecule has 2 N–H and O–H groups in total. The van der Waals surface area contributed by atoms with Crippen LogP contribution in [0.5, 0.6) is 0 Å². The summed E-state index contributed by atoms with van der Waals surface area (Å²) in [7, 11) is 0. The average Bonchev–Trinajstić information content (AvgIpc) is 2.94. The third-order valence-corrected chi connectivity index (χ3v) is 4.08. The molecule has 1 aromatic carbocycles. The monoisotopic (exact) mass is 289 g/mol. The number of piperazine rings is 1. The average molecular weight is 289 g/mol. The fraction of sp³-hybridized carbons (Fsp3) is 0.467. The van der Waals surface area contributed by atoms with Gasteiger partial charge in [0.2, 0.25) is 0 Å². The number of anilines is 1. The largest absolute Gasteiger partial charge is 0.480 e. The lowest BCUT2D eigenvalue weighted by molar-refractivity contribution is -0.138. The van der Waals surface area contributed by atoms with Gasteiger partial charge in [-0.3, -0.25) is 14.5 Å². The molecule has 3 rings (SSSR count). The highest BCUT2D eigenvalue weighted by Crippen LogP contribution is 2.24. The number of rotatable bonds is 3. The molecule has 0 spiro atoms. The molecule has 2 heterocycles. The van der Waals surface area contributed by atoms with Gasteiger partial charge in [0.15, 0.2) is 0 Å². The molecule has 0 unspecified atom stereocenters. The molecule has 2 aliphatic heterocycles. The Morgan fingerprint density at radius 1 is 1.19 bits per heavy atom. The summed E-state index contributed by atoms with van der Waals surface area (Å²) in [5, 5.41) is 12.1. The second-order valence-corrected chi connectivity index (χ2v) is 5.51. The van der Waals surface area contributed by atoms with Gasteiger partial charge in [0.1, 0.15) is 0 Å². The van der Waals surface area contributed by atoms with Gasteiger partial charge in [0, 0.05) is 44.0 Å². The Morgan fingerprint density at radius 3 is 2.67 bits per heavy atom. The molecule has 112 valence electrons. The third kappa shape index (κ3) is 3.00. The number of fused-ring (bicyclic) bond motifs is 1. The summed E-state index contributed by atoms with van der Waals surface area (Å²) in [5.74, 6) is -0.791. The van der Waals surface area contributed by atoms with E-state index in [1.165, 1.54) is 5.56 Å². The zero-order valence-corrected chi connectivity index (χ0v) is 11.8. The summed E-state index contributed by atoms with van der Waals surface area (Å²) >= 11 is 0. The number of carbonyl (C=O) groups excluding carboxylic acids is 1. The number of hydrogen-bond acceptors (Lipinski definition) is 4. The fourth-order valence-electron chi connectivity index (χ4n) is 2.91. The van der Waals surface area contributed by atoms with Crippen molar-refractivity contribution < 1.29 is 14.7 Å². The smallest absolute Gasteiger partial charge is 0.317 e. The standard InChI is InChI=1S/C15H19N3O3/c19-14(20)10-17-5-7-18(8-6-17)15(21)12-2-1-11-3-4-16-13(11)9-12/h1-2,9,16H,3-8,10H2,(H,19,20). The van der Waals surface area contributed by atoms with E-state index < -0.39 is 5.97 Å². The molecule has 6 heteroatoms.